The summed E-state index contributed by atoms with van der Waals surface area (Å²) in [4.78, 5) is 10.2. The molecule has 1 unspecified atom stereocenters. The number of aliphatic carboxylic acids is 1. The summed E-state index contributed by atoms with van der Waals surface area (Å²) in [6, 6.07) is 0. The Kier molecular flexibility index (Phi) is 8.48. The summed E-state index contributed by atoms with van der Waals surface area (Å²) in [5.74, 6) is -0.942. The quantitative estimate of drug-likeness (QED) is 0.650. The Hall–Kier alpha value is -0.280. The van der Waals surface area contributed by atoms with Gasteiger partial charge in [-0.3, -0.25) is 4.79 Å². The van der Waals surface area contributed by atoms with Crippen molar-refractivity contribution < 1.29 is 9.90 Å². The van der Waals surface area contributed by atoms with E-state index < -0.39 is 5.97 Å². The Morgan fingerprint density at radius 1 is 1.70 bits per heavy atom. The van der Waals surface area contributed by atoms with Crippen LogP contribution in [0.25, 0.3) is 0 Å². The minimum absolute atomic E-state index is 0. The number of nitrogens with one attached hydrogen (secondary N) is 1. The predicted molar refractivity (Wildman–Crippen MR) is 42.6 cm³/mol. The maximum atomic E-state index is 10.2. The number of hydrogen-bond donors (Lipinski definition) is 2. The minimum atomic E-state index is -0.717. The van der Waals surface area contributed by atoms with E-state index in [1.54, 1.807) is 6.92 Å². The number of carbonyl (C=O) groups is 1. The monoisotopic (exact) mass is 167 g/mol. The van der Waals surface area contributed by atoms with E-state index in [4.69, 9.17) is 5.11 Å². The molecule has 0 bridgehead atoms. The minimum Gasteiger partial charge on any atom is -0.481 e. The molecule has 10 heavy (non-hydrogen) atoms. The van der Waals surface area contributed by atoms with Crippen molar-refractivity contribution in [3.63, 3.8) is 0 Å². The summed E-state index contributed by atoms with van der Waals surface area (Å²) >= 11 is 0. The van der Waals surface area contributed by atoms with Crippen molar-refractivity contribution in [1.29, 1.82) is 0 Å². The molecule has 0 aromatic rings. The third kappa shape index (κ3) is 5.85. The van der Waals surface area contributed by atoms with Crippen molar-refractivity contribution in [2.24, 2.45) is 5.92 Å². The Morgan fingerprint density at radius 3 is 2.50 bits per heavy atom. The van der Waals surface area contributed by atoms with Crippen LogP contribution < -0.4 is 5.32 Å². The number of carboxylic acid groups (broad SMARTS) is 1. The Balaban J connectivity index is 0. The van der Waals surface area contributed by atoms with Crippen molar-refractivity contribution in [3.8, 4) is 0 Å². The van der Waals surface area contributed by atoms with Gasteiger partial charge in [0.05, 0.1) is 5.92 Å². The first-order valence-corrected chi connectivity index (χ1v) is 3.06. The van der Waals surface area contributed by atoms with E-state index >= 15 is 0 Å². The van der Waals surface area contributed by atoms with Gasteiger partial charge in [-0.15, -0.1) is 12.4 Å². The molecule has 0 saturated heterocycles. The fraction of sp³-hybridized carbons (Fsp3) is 0.833. The maximum absolute atomic E-state index is 10.2. The van der Waals surface area contributed by atoms with Gasteiger partial charge in [0.25, 0.3) is 0 Å². The van der Waals surface area contributed by atoms with Crippen molar-refractivity contribution in [3.05, 3.63) is 0 Å². The van der Waals surface area contributed by atoms with E-state index in [2.05, 4.69) is 5.32 Å². The normalized spacial score (nSPS) is 11.8. The van der Waals surface area contributed by atoms with Crippen LogP contribution in [0.4, 0.5) is 0 Å². The lowest BCUT2D eigenvalue weighted by Gasteiger charge is -2.02. The summed E-state index contributed by atoms with van der Waals surface area (Å²) in [6.07, 6.45) is 0.700. The van der Waals surface area contributed by atoms with Gasteiger partial charge in [-0.05, 0) is 20.0 Å². The molecule has 1 atom stereocenters. The molecule has 0 heterocycles. The summed E-state index contributed by atoms with van der Waals surface area (Å²) in [7, 11) is 1.81. The average molecular weight is 168 g/mol. The van der Waals surface area contributed by atoms with Crippen LogP contribution in [0.1, 0.15) is 13.3 Å². The molecule has 0 aliphatic heterocycles. The van der Waals surface area contributed by atoms with E-state index in [1.807, 2.05) is 7.05 Å². The van der Waals surface area contributed by atoms with Crippen LogP contribution >= 0.6 is 12.4 Å². The second kappa shape index (κ2) is 6.83. The van der Waals surface area contributed by atoms with Gasteiger partial charge in [-0.25, -0.2) is 0 Å². The van der Waals surface area contributed by atoms with E-state index in [0.717, 1.165) is 6.54 Å². The molecule has 0 saturated carbocycles. The molecule has 0 aliphatic rings. The van der Waals surface area contributed by atoms with Gasteiger partial charge in [-0.1, -0.05) is 6.92 Å². The Bertz CT molecular complexity index is 97.7. The van der Waals surface area contributed by atoms with E-state index in [9.17, 15) is 4.79 Å². The number of carboxylic acids is 1. The molecule has 0 aliphatic carbocycles. The highest BCUT2D eigenvalue weighted by molar-refractivity contribution is 5.85. The summed E-state index contributed by atoms with van der Waals surface area (Å²) in [5.41, 5.74) is 0. The van der Waals surface area contributed by atoms with E-state index in [-0.39, 0.29) is 18.3 Å². The average Bonchev–Trinajstić information content (AvgIpc) is 1.82. The highest BCUT2D eigenvalue weighted by atomic mass is 35.5. The molecular formula is C6H14ClNO2. The second-order valence-corrected chi connectivity index (χ2v) is 2.13. The van der Waals surface area contributed by atoms with Crippen LogP contribution in [-0.2, 0) is 4.79 Å². The molecule has 0 aromatic heterocycles. The Labute approximate surface area is 67.2 Å². The van der Waals surface area contributed by atoms with Crippen LogP contribution in [0.5, 0.6) is 0 Å². The number of halogens is 1. The molecule has 2 N–H and O–H groups in total. The third-order valence-electron chi connectivity index (χ3n) is 1.25. The van der Waals surface area contributed by atoms with Crippen LogP contribution in [0, 0.1) is 5.92 Å². The van der Waals surface area contributed by atoms with Crippen molar-refractivity contribution in [2.45, 2.75) is 13.3 Å². The lowest BCUT2D eigenvalue weighted by molar-refractivity contribution is -0.141. The summed E-state index contributed by atoms with van der Waals surface area (Å²) in [5, 5.41) is 11.3. The highest BCUT2D eigenvalue weighted by Gasteiger charge is 2.08. The van der Waals surface area contributed by atoms with Gasteiger partial charge in [-0.2, -0.15) is 0 Å². The maximum Gasteiger partial charge on any atom is 0.306 e. The van der Waals surface area contributed by atoms with Gasteiger partial charge < -0.3 is 10.4 Å². The predicted octanol–water partition coefficient (Wildman–Crippen LogP) is 0.738. The lowest BCUT2D eigenvalue weighted by atomic mass is 10.1. The number of rotatable bonds is 4. The molecule has 0 radical (unpaired) electrons. The van der Waals surface area contributed by atoms with Crippen LogP contribution in [0.15, 0.2) is 0 Å². The molecule has 4 heteroatoms. The first-order chi connectivity index (χ1) is 4.18. The van der Waals surface area contributed by atoms with Gasteiger partial charge in [0.15, 0.2) is 0 Å². The highest BCUT2D eigenvalue weighted by Crippen LogP contribution is 1.98. The molecule has 0 rings (SSSR count). The first kappa shape index (κ1) is 12.4. The van der Waals surface area contributed by atoms with E-state index in [0.29, 0.717) is 6.42 Å². The Morgan fingerprint density at radius 2 is 2.20 bits per heavy atom. The molecule has 0 amide bonds. The van der Waals surface area contributed by atoms with Gasteiger partial charge >= 0.3 is 5.97 Å². The number of hydrogen-bond acceptors (Lipinski definition) is 2. The summed E-state index contributed by atoms with van der Waals surface area (Å²) in [6.45, 7) is 2.48. The molecule has 3 nitrogen and oxygen atoms in total. The van der Waals surface area contributed by atoms with Crippen molar-refractivity contribution >= 4 is 18.4 Å². The molecule has 0 aromatic carbocycles. The topological polar surface area (TPSA) is 49.3 Å². The second-order valence-electron chi connectivity index (χ2n) is 2.13. The zero-order valence-corrected chi connectivity index (χ0v) is 7.07. The van der Waals surface area contributed by atoms with Crippen LogP contribution in [0.3, 0.4) is 0 Å². The third-order valence-corrected chi connectivity index (χ3v) is 1.25. The van der Waals surface area contributed by atoms with Gasteiger partial charge in [0.2, 0.25) is 0 Å². The molecular weight excluding hydrogens is 154 g/mol. The smallest absolute Gasteiger partial charge is 0.306 e. The molecule has 0 spiro atoms. The van der Waals surface area contributed by atoms with Crippen molar-refractivity contribution in [2.75, 3.05) is 13.6 Å². The summed E-state index contributed by atoms with van der Waals surface area (Å²) < 4.78 is 0. The van der Waals surface area contributed by atoms with E-state index in [1.165, 1.54) is 0 Å². The zero-order chi connectivity index (χ0) is 7.28. The molecule has 0 fully saturated rings. The first-order valence-electron chi connectivity index (χ1n) is 3.06. The largest absolute Gasteiger partial charge is 0.481 e. The zero-order valence-electron chi connectivity index (χ0n) is 6.26. The van der Waals surface area contributed by atoms with Gasteiger partial charge in [0.1, 0.15) is 0 Å². The van der Waals surface area contributed by atoms with Crippen LogP contribution in [0.2, 0.25) is 0 Å². The van der Waals surface area contributed by atoms with Crippen molar-refractivity contribution in [1.82, 2.24) is 5.32 Å². The fourth-order valence-corrected chi connectivity index (χ4v) is 0.484. The van der Waals surface area contributed by atoms with Gasteiger partial charge in [0, 0.05) is 0 Å². The lowest BCUT2D eigenvalue weighted by Crippen LogP contribution is -2.16. The standard InChI is InChI=1S/C6H13NO2.ClH/c1-5(6(8)9)3-4-7-2;/h5,7H,3-4H2,1-2H3,(H,8,9);1H. The fourth-order valence-electron chi connectivity index (χ4n) is 0.484. The van der Waals surface area contributed by atoms with Crippen LogP contribution in [-0.4, -0.2) is 24.7 Å². The SMILES string of the molecule is CNCCC(C)C(=O)O.Cl. The molecule has 62 valence electrons.